The Bertz CT molecular complexity index is 1970. The SMILES string of the molecule is O=C(Nc1cnc(Oc2ccc(-c3cnn4ccc(N5CCC5)nc34)cc2)nc1)Nc1ccc(C(F)(F)F)cc1-n1cccn1. The Morgan fingerprint density at radius 2 is 1.71 bits per heavy atom. The van der Waals surface area contributed by atoms with E-state index in [9.17, 15) is 18.0 Å². The van der Waals surface area contributed by atoms with E-state index in [4.69, 9.17) is 9.72 Å². The third kappa shape index (κ3) is 5.82. The van der Waals surface area contributed by atoms with Crippen LogP contribution in [0.2, 0.25) is 0 Å². The van der Waals surface area contributed by atoms with Crippen molar-refractivity contribution in [2.45, 2.75) is 12.6 Å². The standard InChI is InChI=1S/C30H23F3N10O2/c31-30(32,33)20-5-8-24(25(15-20)42-13-1-10-36-42)39-28(44)38-21-16-34-29(35-17-21)45-22-6-3-19(4-7-22)23-18-37-43-14-9-26(40-27(23)43)41-11-2-12-41/h1,3-10,13-18H,2,11-12H2,(H2,38,39,44). The van der Waals surface area contributed by atoms with E-state index in [1.807, 2.05) is 24.4 Å². The van der Waals surface area contributed by atoms with Crippen LogP contribution in [0.4, 0.5) is 35.2 Å². The van der Waals surface area contributed by atoms with Crippen LogP contribution in [0.5, 0.6) is 11.8 Å². The molecule has 1 aliphatic heterocycles. The van der Waals surface area contributed by atoms with Gasteiger partial charge in [0.2, 0.25) is 0 Å². The lowest BCUT2D eigenvalue weighted by Gasteiger charge is -2.31. The molecular weight excluding hydrogens is 589 g/mol. The van der Waals surface area contributed by atoms with Gasteiger partial charge in [-0.3, -0.25) is 0 Å². The van der Waals surface area contributed by atoms with Crippen molar-refractivity contribution in [3.8, 4) is 28.6 Å². The van der Waals surface area contributed by atoms with Crippen LogP contribution in [-0.4, -0.2) is 53.5 Å². The average molecular weight is 613 g/mol. The van der Waals surface area contributed by atoms with Crippen LogP contribution in [0.3, 0.4) is 0 Å². The summed E-state index contributed by atoms with van der Waals surface area (Å²) in [5.74, 6) is 1.43. The fourth-order valence-electron chi connectivity index (χ4n) is 4.73. The van der Waals surface area contributed by atoms with Gasteiger partial charge in [-0.1, -0.05) is 12.1 Å². The predicted molar refractivity (Wildman–Crippen MR) is 159 cm³/mol. The van der Waals surface area contributed by atoms with Crippen molar-refractivity contribution >= 4 is 28.9 Å². The highest BCUT2D eigenvalue weighted by atomic mass is 19.4. The van der Waals surface area contributed by atoms with Gasteiger partial charge in [-0.05, 0) is 54.4 Å². The van der Waals surface area contributed by atoms with Gasteiger partial charge in [0.1, 0.15) is 11.6 Å². The molecule has 2 aromatic carbocycles. The van der Waals surface area contributed by atoms with E-state index in [2.05, 4.69) is 35.7 Å². The first-order valence-corrected chi connectivity index (χ1v) is 13.8. The third-order valence-electron chi connectivity index (χ3n) is 7.12. The predicted octanol–water partition coefficient (Wildman–Crippen LogP) is 6.04. The molecule has 0 radical (unpaired) electrons. The molecule has 2 amide bonds. The van der Waals surface area contributed by atoms with E-state index < -0.39 is 17.8 Å². The maximum Gasteiger partial charge on any atom is 0.416 e. The van der Waals surface area contributed by atoms with Gasteiger partial charge in [-0.2, -0.15) is 23.4 Å². The van der Waals surface area contributed by atoms with Crippen molar-refractivity contribution in [2.24, 2.45) is 0 Å². The lowest BCUT2D eigenvalue weighted by atomic mass is 10.1. The molecule has 226 valence electrons. The summed E-state index contributed by atoms with van der Waals surface area (Å²) in [6.07, 6.45) is 5.87. The minimum atomic E-state index is -4.56. The fraction of sp³-hybridized carbons (Fsp3) is 0.133. The summed E-state index contributed by atoms with van der Waals surface area (Å²) in [5.41, 5.74) is 2.10. The number of fused-ring (bicyclic) bond motifs is 1. The fourth-order valence-corrected chi connectivity index (χ4v) is 4.73. The van der Waals surface area contributed by atoms with Crippen molar-refractivity contribution in [2.75, 3.05) is 28.6 Å². The van der Waals surface area contributed by atoms with Crippen molar-refractivity contribution in [3.05, 3.63) is 97.3 Å². The van der Waals surface area contributed by atoms with Gasteiger partial charge in [0.25, 0.3) is 0 Å². The van der Waals surface area contributed by atoms with E-state index in [0.29, 0.717) is 5.75 Å². The molecule has 12 nitrogen and oxygen atoms in total. The molecule has 1 fully saturated rings. The number of amides is 2. The molecule has 1 saturated heterocycles. The molecule has 15 heteroatoms. The van der Waals surface area contributed by atoms with Gasteiger partial charge in [0.15, 0.2) is 5.65 Å². The average Bonchev–Trinajstić information content (AvgIpc) is 3.68. The first kappa shape index (κ1) is 27.8. The maximum absolute atomic E-state index is 13.3. The first-order chi connectivity index (χ1) is 21.8. The number of carbonyl (C=O) groups excluding carboxylic acids is 1. The van der Waals surface area contributed by atoms with Crippen LogP contribution in [-0.2, 0) is 6.18 Å². The maximum atomic E-state index is 13.3. The number of anilines is 3. The number of nitrogens with zero attached hydrogens (tertiary/aromatic N) is 8. The summed E-state index contributed by atoms with van der Waals surface area (Å²) in [4.78, 5) is 28.0. The van der Waals surface area contributed by atoms with E-state index in [0.717, 1.165) is 53.9 Å². The summed E-state index contributed by atoms with van der Waals surface area (Å²) in [5, 5.41) is 13.5. The molecule has 45 heavy (non-hydrogen) atoms. The molecule has 4 aromatic heterocycles. The lowest BCUT2D eigenvalue weighted by Crippen LogP contribution is -2.37. The van der Waals surface area contributed by atoms with Gasteiger partial charge in [-0.15, -0.1) is 0 Å². The summed E-state index contributed by atoms with van der Waals surface area (Å²) in [7, 11) is 0. The summed E-state index contributed by atoms with van der Waals surface area (Å²) in [6.45, 7) is 2.00. The van der Waals surface area contributed by atoms with Crippen LogP contribution < -0.4 is 20.3 Å². The molecular formula is C30H23F3N10O2. The van der Waals surface area contributed by atoms with Crippen molar-refractivity contribution in [3.63, 3.8) is 0 Å². The van der Waals surface area contributed by atoms with E-state index in [1.54, 1.807) is 28.9 Å². The van der Waals surface area contributed by atoms with Crippen molar-refractivity contribution in [1.29, 1.82) is 0 Å². The minimum absolute atomic E-state index is 0.0465. The number of hydrogen-bond acceptors (Lipinski definition) is 8. The number of ether oxygens (including phenoxy) is 1. The second-order valence-corrected chi connectivity index (χ2v) is 10.1. The Morgan fingerprint density at radius 3 is 2.40 bits per heavy atom. The molecule has 0 spiro atoms. The smallest absolute Gasteiger partial charge is 0.416 e. The molecule has 0 aliphatic carbocycles. The second kappa shape index (κ2) is 11.3. The zero-order chi connectivity index (χ0) is 31.0. The Balaban J connectivity index is 1.00. The summed E-state index contributed by atoms with van der Waals surface area (Å²) in [6, 6.07) is 13.1. The molecule has 7 rings (SSSR count). The third-order valence-corrected chi connectivity index (χ3v) is 7.12. The molecule has 0 unspecified atom stereocenters. The number of benzene rings is 2. The van der Waals surface area contributed by atoms with Crippen LogP contribution in [0, 0.1) is 0 Å². The molecule has 1 aliphatic rings. The van der Waals surface area contributed by atoms with Crippen molar-refractivity contribution in [1.82, 2.24) is 34.3 Å². The van der Waals surface area contributed by atoms with E-state index in [-0.39, 0.29) is 23.1 Å². The number of rotatable bonds is 7. The Kier molecular flexibility index (Phi) is 6.96. The Hall–Kier alpha value is -5.99. The molecule has 0 atom stereocenters. The minimum Gasteiger partial charge on any atom is -0.424 e. The van der Waals surface area contributed by atoms with E-state index in [1.165, 1.54) is 35.9 Å². The van der Waals surface area contributed by atoms with Crippen LogP contribution in [0.1, 0.15) is 12.0 Å². The highest BCUT2D eigenvalue weighted by Gasteiger charge is 2.31. The number of alkyl halides is 3. The highest BCUT2D eigenvalue weighted by Crippen LogP contribution is 2.33. The number of urea groups is 1. The molecule has 2 N–H and O–H groups in total. The quantitative estimate of drug-likeness (QED) is 0.224. The number of nitrogens with one attached hydrogen (secondary N) is 2. The van der Waals surface area contributed by atoms with Gasteiger partial charge < -0.3 is 20.3 Å². The zero-order valence-corrected chi connectivity index (χ0v) is 23.3. The number of halogens is 3. The molecule has 0 saturated carbocycles. The summed E-state index contributed by atoms with van der Waals surface area (Å²) >= 11 is 0. The first-order valence-electron chi connectivity index (χ1n) is 13.8. The van der Waals surface area contributed by atoms with Crippen LogP contribution in [0.25, 0.3) is 22.5 Å². The number of hydrogen-bond donors (Lipinski definition) is 2. The largest absolute Gasteiger partial charge is 0.424 e. The molecule has 6 aromatic rings. The van der Waals surface area contributed by atoms with E-state index >= 15 is 0 Å². The summed E-state index contributed by atoms with van der Waals surface area (Å²) < 4.78 is 48.6. The van der Waals surface area contributed by atoms with Crippen LogP contribution in [0.15, 0.2) is 91.8 Å². The molecule has 0 bridgehead atoms. The number of aromatic nitrogens is 7. The monoisotopic (exact) mass is 612 g/mol. The Morgan fingerprint density at radius 1 is 0.911 bits per heavy atom. The van der Waals surface area contributed by atoms with Crippen LogP contribution >= 0.6 is 0 Å². The molecule has 5 heterocycles. The zero-order valence-electron chi connectivity index (χ0n) is 23.3. The number of carbonyl (C=O) groups is 1. The van der Waals surface area contributed by atoms with Crippen molar-refractivity contribution < 1.29 is 22.7 Å². The second-order valence-electron chi connectivity index (χ2n) is 10.1. The Labute approximate surface area is 253 Å². The van der Waals surface area contributed by atoms with Gasteiger partial charge in [0, 0.05) is 37.2 Å². The topological polar surface area (TPSA) is 127 Å². The highest BCUT2D eigenvalue weighted by molar-refractivity contribution is 6.00. The lowest BCUT2D eigenvalue weighted by molar-refractivity contribution is -0.137. The van der Waals surface area contributed by atoms with Gasteiger partial charge >= 0.3 is 18.2 Å². The van der Waals surface area contributed by atoms with Gasteiger partial charge in [-0.25, -0.2) is 28.9 Å². The normalized spacial score (nSPS) is 13.0. The van der Waals surface area contributed by atoms with Gasteiger partial charge in [0.05, 0.1) is 41.2 Å².